The molecular weight excluding hydrogens is 456 g/mol. The Balaban J connectivity index is 1.75. The quantitative estimate of drug-likeness (QED) is 0.336. The number of nitrogens with zero attached hydrogens (tertiary/aromatic N) is 1. The van der Waals surface area contributed by atoms with E-state index < -0.39 is 23.5 Å². The molecule has 0 heterocycles. The van der Waals surface area contributed by atoms with Crippen molar-refractivity contribution in [3.63, 3.8) is 0 Å². The minimum absolute atomic E-state index is 0.0851. The molecule has 0 saturated carbocycles. The third kappa shape index (κ3) is 6.62. The van der Waals surface area contributed by atoms with Crippen LogP contribution < -0.4 is 0 Å². The van der Waals surface area contributed by atoms with E-state index in [1.165, 1.54) is 4.90 Å². The van der Waals surface area contributed by atoms with E-state index in [4.69, 9.17) is 0 Å². The first-order chi connectivity index (χ1) is 15.9. The lowest BCUT2D eigenvalue weighted by Crippen LogP contribution is -2.31. The van der Waals surface area contributed by atoms with Crippen LogP contribution in [0.1, 0.15) is 40.2 Å². The van der Waals surface area contributed by atoms with E-state index in [1.807, 2.05) is 60.7 Å². The Bertz CT molecular complexity index is 1020. The van der Waals surface area contributed by atoms with Gasteiger partial charge in [-0.1, -0.05) is 60.7 Å². The Kier molecular flexibility index (Phi) is 7.69. The molecule has 0 atom stereocenters. The second kappa shape index (κ2) is 10.3. The number of hydrogen-bond donors (Lipinski definition) is 0. The molecule has 180 valence electrons. The van der Waals surface area contributed by atoms with Crippen LogP contribution in [-0.4, -0.2) is 24.4 Å². The van der Waals surface area contributed by atoms with Crippen LogP contribution in [0, 0.1) is 0 Å². The number of benzene rings is 3. The molecule has 0 bridgehead atoms. The van der Waals surface area contributed by atoms with E-state index >= 15 is 0 Å². The van der Waals surface area contributed by atoms with Crippen LogP contribution in [0.4, 0.5) is 26.3 Å². The Morgan fingerprint density at radius 2 is 1.21 bits per heavy atom. The van der Waals surface area contributed by atoms with Crippen molar-refractivity contribution in [2.45, 2.75) is 31.1 Å². The number of hydrogen-bond acceptors (Lipinski definition) is 1. The summed E-state index contributed by atoms with van der Waals surface area (Å²) in [4.78, 5) is 14.2. The van der Waals surface area contributed by atoms with Crippen LogP contribution in [0.25, 0.3) is 0 Å². The molecule has 0 aliphatic rings. The second-order valence-corrected chi connectivity index (χ2v) is 8.06. The van der Waals surface area contributed by atoms with Gasteiger partial charge in [-0.05, 0) is 41.3 Å². The average Bonchev–Trinajstić information content (AvgIpc) is 2.80. The van der Waals surface area contributed by atoms with Gasteiger partial charge < -0.3 is 4.90 Å². The molecule has 3 aromatic carbocycles. The fraction of sp³-hybridized carbons (Fsp3) is 0.269. The predicted molar refractivity (Wildman–Crippen MR) is 117 cm³/mol. The minimum Gasteiger partial charge on any atom is -0.345 e. The number of halogens is 6. The van der Waals surface area contributed by atoms with Gasteiger partial charge in [-0.3, -0.25) is 4.79 Å². The van der Waals surface area contributed by atoms with Crippen LogP contribution in [0.2, 0.25) is 0 Å². The molecule has 0 aliphatic carbocycles. The van der Waals surface area contributed by atoms with Gasteiger partial charge in [-0.2, -0.15) is 26.3 Å². The standard InChI is InChI=1S/C26H23F6NO/c1-33(17-23(19-8-4-2-5-9-19)20-10-6-3-7-11-20)24(34)13-12-18-14-21(25(27,28)29)16-22(15-18)26(30,31)32/h2-11,14-16,23H,12-13,17H2,1H3. The van der Waals surface area contributed by atoms with E-state index in [0.717, 1.165) is 11.1 Å². The Labute approximate surface area is 193 Å². The van der Waals surface area contributed by atoms with Gasteiger partial charge in [-0.15, -0.1) is 0 Å². The van der Waals surface area contributed by atoms with Crippen LogP contribution in [0.15, 0.2) is 78.9 Å². The highest BCUT2D eigenvalue weighted by Gasteiger charge is 2.36. The zero-order valence-electron chi connectivity index (χ0n) is 18.3. The fourth-order valence-corrected chi connectivity index (χ4v) is 3.76. The summed E-state index contributed by atoms with van der Waals surface area (Å²) in [6.07, 6.45) is -10.3. The Morgan fingerprint density at radius 3 is 1.62 bits per heavy atom. The van der Waals surface area contributed by atoms with Crippen LogP contribution >= 0.6 is 0 Å². The molecule has 0 aromatic heterocycles. The van der Waals surface area contributed by atoms with E-state index in [-0.39, 0.29) is 36.3 Å². The summed E-state index contributed by atoms with van der Waals surface area (Å²) >= 11 is 0. The number of likely N-dealkylation sites (N-methyl/N-ethyl adjacent to an activating group) is 1. The summed E-state index contributed by atoms with van der Waals surface area (Å²) in [6, 6.07) is 20.5. The third-order valence-corrected chi connectivity index (χ3v) is 5.56. The van der Waals surface area contributed by atoms with Crippen molar-refractivity contribution < 1.29 is 31.1 Å². The molecule has 34 heavy (non-hydrogen) atoms. The van der Waals surface area contributed by atoms with Crippen molar-refractivity contribution >= 4 is 5.91 Å². The molecule has 0 unspecified atom stereocenters. The molecule has 8 heteroatoms. The monoisotopic (exact) mass is 479 g/mol. The maximum atomic E-state index is 13.1. The van der Waals surface area contributed by atoms with Crippen LogP contribution in [0.3, 0.4) is 0 Å². The van der Waals surface area contributed by atoms with Gasteiger partial charge in [-0.25, -0.2) is 0 Å². The molecule has 3 rings (SSSR count). The van der Waals surface area contributed by atoms with Crippen molar-refractivity contribution in [3.8, 4) is 0 Å². The number of amides is 1. The number of rotatable bonds is 7. The van der Waals surface area contributed by atoms with E-state index in [0.29, 0.717) is 18.7 Å². The maximum Gasteiger partial charge on any atom is 0.416 e. The first kappa shape index (κ1) is 25.3. The third-order valence-electron chi connectivity index (χ3n) is 5.56. The molecule has 3 aromatic rings. The molecule has 0 fully saturated rings. The predicted octanol–water partition coefficient (Wildman–Crippen LogP) is 6.95. The average molecular weight is 479 g/mol. The highest BCUT2D eigenvalue weighted by Crippen LogP contribution is 2.36. The number of alkyl halides is 6. The summed E-state index contributed by atoms with van der Waals surface area (Å²) in [5, 5.41) is 0. The topological polar surface area (TPSA) is 20.3 Å². The fourth-order valence-electron chi connectivity index (χ4n) is 3.76. The van der Waals surface area contributed by atoms with E-state index in [1.54, 1.807) is 7.05 Å². The van der Waals surface area contributed by atoms with Crippen molar-refractivity contribution in [2.75, 3.05) is 13.6 Å². The molecule has 0 saturated heterocycles. The normalized spacial score (nSPS) is 12.1. The molecule has 0 aliphatic heterocycles. The summed E-state index contributed by atoms with van der Waals surface area (Å²) in [6.45, 7) is 0.309. The second-order valence-electron chi connectivity index (χ2n) is 8.06. The molecular formula is C26H23F6NO. The zero-order valence-corrected chi connectivity index (χ0v) is 18.3. The Hall–Kier alpha value is -3.29. The summed E-state index contributed by atoms with van der Waals surface area (Å²) in [5.74, 6) is -0.510. The lowest BCUT2D eigenvalue weighted by molar-refractivity contribution is -0.143. The van der Waals surface area contributed by atoms with Gasteiger partial charge in [0.25, 0.3) is 0 Å². The van der Waals surface area contributed by atoms with Crippen LogP contribution in [-0.2, 0) is 23.6 Å². The SMILES string of the molecule is CN(CC(c1ccccc1)c1ccccc1)C(=O)CCc1cc(C(F)(F)F)cc(C(F)(F)F)c1. The van der Waals surface area contributed by atoms with E-state index in [9.17, 15) is 31.1 Å². The van der Waals surface area contributed by atoms with Crippen molar-refractivity contribution in [3.05, 3.63) is 107 Å². The van der Waals surface area contributed by atoms with Crippen molar-refractivity contribution in [2.24, 2.45) is 0 Å². The summed E-state index contributed by atoms with van der Waals surface area (Å²) in [7, 11) is 1.58. The van der Waals surface area contributed by atoms with Crippen LogP contribution in [0.5, 0.6) is 0 Å². The van der Waals surface area contributed by atoms with Crippen molar-refractivity contribution in [1.82, 2.24) is 4.90 Å². The van der Waals surface area contributed by atoms with Gasteiger partial charge in [0.05, 0.1) is 11.1 Å². The molecule has 0 radical (unpaired) electrons. The number of carbonyl (C=O) groups is 1. The van der Waals surface area contributed by atoms with Gasteiger partial charge in [0, 0.05) is 25.9 Å². The maximum absolute atomic E-state index is 13.1. The number of carbonyl (C=O) groups excluding carboxylic acids is 1. The lowest BCUT2D eigenvalue weighted by atomic mass is 9.91. The highest BCUT2D eigenvalue weighted by atomic mass is 19.4. The first-order valence-corrected chi connectivity index (χ1v) is 10.6. The molecule has 2 nitrogen and oxygen atoms in total. The van der Waals surface area contributed by atoms with Gasteiger partial charge in [0.15, 0.2) is 0 Å². The van der Waals surface area contributed by atoms with Gasteiger partial charge >= 0.3 is 12.4 Å². The molecule has 0 N–H and O–H groups in total. The first-order valence-electron chi connectivity index (χ1n) is 10.6. The smallest absolute Gasteiger partial charge is 0.345 e. The Morgan fingerprint density at radius 1 is 0.765 bits per heavy atom. The summed E-state index contributed by atoms with van der Waals surface area (Å²) in [5.41, 5.74) is -0.980. The van der Waals surface area contributed by atoms with Crippen molar-refractivity contribution in [1.29, 1.82) is 0 Å². The highest BCUT2D eigenvalue weighted by molar-refractivity contribution is 5.76. The van der Waals surface area contributed by atoms with E-state index in [2.05, 4.69) is 0 Å². The van der Waals surface area contributed by atoms with Gasteiger partial charge in [0.2, 0.25) is 5.91 Å². The largest absolute Gasteiger partial charge is 0.416 e. The van der Waals surface area contributed by atoms with Gasteiger partial charge in [0.1, 0.15) is 0 Å². The molecule has 0 spiro atoms. The minimum atomic E-state index is -4.92. The zero-order chi connectivity index (χ0) is 24.9. The summed E-state index contributed by atoms with van der Waals surface area (Å²) < 4.78 is 78.5. The number of aryl methyl sites for hydroxylation is 1. The lowest BCUT2D eigenvalue weighted by Gasteiger charge is -2.25. The molecule has 1 amide bonds.